The largest absolute Gasteiger partial charge is 0.467 e. The van der Waals surface area contributed by atoms with E-state index in [1.165, 1.54) is 25.7 Å². The number of rotatable bonds is 6. The second kappa shape index (κ2) is 10.7. The number of aliphatic imine (C=N–C) groups is 1. The first-order valence-electron chi connectivity index (χ1n) is 8.81. The molecule has 1 aromatic rings. The highest BCUT2D eigenvalue weighted by atomic mass is 127. The number of halogens is 1. The highest BCUT2D eigenvalue weighted by Gasteiger charge is 2.31. The summed E-state index contributed by atoms with van der Waals surface area (Å²) < 4.78 is 5.20. The monoisotopic (exact) mass is 462 g/mol. The fourth-order valence-electron chi connectivity index (χ4n) is 3.46. The van der Waals surface area contributed by atoms with Crippen molar-refractivity contribution in [2.45, 2.75) is 46.1 Å². The van der Waals surface area contributed by atoms with Gasteiger partial charge in [0.15, 0.2) is 5.96 Å². The van der Waals surface area contributed by atoms with Crippen LogP contribution in [0.2, 0.25) is 0 Å². The predicted octanol–water partition coefficient (Wildman–Crippen LogP) is 2.99. The van der Waals surface area contributed by atoms with Gasteiger partial charge in [0.1, 0.15) is 5.76 Å². The van der Waals surface area contributed by atoms with Crippen LogP contribution in [0.4, 0.5) is 0 Å². The zero-order chi connectivity index (χ0) is 17.4. The highest BCUT2D eigenvalue weighted by molar-refractivity contribution is 14.0. The van der Waals surface area contributed by atoms with Gasteiger partial charge in [0.25, 0.3) is 0 Å². The molecule has 1 aliphatic heterocycles. The van der Waals surface area contributed by atoms with Crippen LogP contribution in [-0.2, 0) is 11.3 Å². The maximum Gasteiger partial charge on any atom is 0.239 e. The summed E-state index contributed by atoms with van der Waals surface area (Å²) in [6.45, 7) is 7.20. The van der Waals surface area contributed by atoms with Crippen LogP contribution in [0.5, 0.6) is 0 Å². The molecule has 0 spiro atoms. The molecule has 1 aromatic heterocycles. The summed E-state index contributed by atoms with van der Waals surface area (Å²) in [6.07, 6.45) is 6.46. The van der Waals surface area contributed by atoms with E-state index in [4.69, 9.17) is 4.42 Å². The lowest BCUT2D eigenvalue weighted by molar-refractivity contribution is -0.120. The Kier molecular flexibility index (Phi) is 9.31. The van der Waals surface area contributed by atoms with E-state index in [1.807, 2.05) is 12.1 Å². The van der Waals surface area contributed by atoms with E-state index in [1.54, 1.807) is 13.3 Å². The molecular weight excluding hydrogens is 431 g/mol. The van der Waals surface area contributed by atoms with E-state index >= 15 is 0 Å². The molecule has 1 unspecified atom stereocenters. The molecule has 7 heteroatoms. The van der Waals surface area contributed by atoms with Crippen LogP contribution in [0.15, 0.2) is 27.8 Å². The van der Waals surface area contributed by atoms with Crippen molar-refractivity contribution < 1.29 is 9.21 Å². The zero-order valence-electron chi connectivity index (χ0n) is 15.5. The summed E-state index contributed by atoms with van der Waals surface area (Å²) in [7, 11) is 1.77. The average Bonchev–Trinajstić information content (AvgIpc) is 3.07. The molecule has 0 radical (unpaired) electrons. The topological polar surface area (TPSA) is 69.9 Å². The number of nitrogens with one attached hydrogen (secondary N) is 2. The second-order valence-corrected chi connectivity index (χ2v) is 6.84. The van der Waals surface area contributed by atoms with Gasteiger partial charge in [-0.2, -0.15) is 0 Å². The molecule has 1 atom stereocenters. The quantitative estimate of drug-likeness (QED) is 0.388. The van der Waals surface area contributed by atoms with Crippen LogP contribution in [0.1, 0.15) is 45.3 Å². The summed E-state index contributed by atoms with van der Waals surface area (Å²) in [5.74, 6) is 1.49. The molecule has 0 bridgehead atoms. The summed E-state index contributed by atoms with van der Waals surface area (Å²) in [6, 6.07) is 3.65. The molecule has 25 heavy (non-hydrogen) atoms. The van der Waals surface area contributed by atoms with Gasteiger partial charge in [-0.05, 0) is 36.8 Å². The highest BCUT2D eigenvalue weighted by Crippen LogP contribution is 2.33. The molecule has 1 saturated heterocycles. The fourth-order valence-corrected chi connectivity index (χ4v) is 3.46. The average molecular weight is 462 g/mol. The van der Waals surface area contributed by atoms with Crippen molar-refractivity contribution in [3.8, 4) is 0 Å². The number of amides is 1. The van der Waals surface area contributed by atoms with Gasteiger partial charge in [0.05, 0.1) is 19.4 Å². The van der Waals surface area contributed by atoms with Crippen molar-refractivity contribution in [3.05, 3.63) is 24.2 Å². The van der Waals surface area contributed by atoms with Gasteiger partial charge in [-0.1, -0.05) is 20.3 Å². The van der Waals surface area contributed by atoms with Gasteiger partial charge in [0.2, 0.25) is 5.91 Å². The molecule has 0 aromatic carbocycles. The first kappa shape index (κ1) is 21.8. The lowest BCUT2D eigenvalue weighted by atomic mass is 9.78. The van der Waals surface area contributed by atoms with Crippen LogP contribution >= 0.6 is 24.0 Å². The fraction of sp³-hybridized carbons (Fsp3) is 0.667. The lowest BCUT2D eigenvalue weighted by Gasteiger charge is -2.42. The standard InChI is InChI=1S/C18H30N4O2.HI/c1-4-8-18(2)9-6-10-22(14-18)17(19-3)21-13-16(23)20-12-15-7-5-11-24-15;/h5,7,11H,4,6,8-10,12-14H2,1-3H3,(H,19,21)(H,20,23);1H. The number of piperidine rings is 1. The molecule has 0 saturated carbocycles. The van der Waals surface area contributed by atoms with Gasteiger partial charge in [-0.15, -0.1) is 24.0 Å². The Morgan fingerprint density at radius 3 is 2.88 bits per heavy atom. The number of hydrogen-bond acceptors (Lipinski definition) is 3. The van der Waals surface area contributed by atoms with Gasteiger partial charge in [-0.3, -0.25) is 9.79 Å². The number of carbonyl (C=O) groups is 1. The molecule has 2 heterocycles. The SMILES string of the molecule is CCCC1(C)CCCN(C(=NC)NCC(=O)NCc2ccco2)C1.I. The third-order valence-electron chi connectivity index (χ3n) is 4.59. The molecular formula is C18H31IN4O2. The minimum atomic E-state index is -0.0686. The Labute approximate surface area is 167 Å². The third-order valence-corrected chi connectivity index (χ3v) is 4.59. The van der Waals surface area contributed by atoms with Crippen molar-refractivity contribution in [2.24, 2.45) is 10.4 Å². The molecule has 1 fully saturated rings. The predicted molar refractivity (Wildman–Crippen MR) is 111 cm³/mol. The summed E-state index contributed by atoms with van der Waals surface area (Å²) in [5, 5.41) is 6.02. The van der Waals surface area contributed by atoms with Crippen molar-refractivity contribution in [1.29, 1.82) is 0 Å². The van der Waals surface area contributed by atoms with E-state index in [2.05, 4.69) is 34.4 Å². The summed E-state index contributed by atoms with van der Waals surface area (Å²) >= 11 is 0. The Hall–Kier alpha value is -1.25. The van der Waals surface area contributed by atoms with E-state index in [0.717, 1.165) is 24.8 Å². The first-order valence-corrected chi connectivity index (χ1v) is 8.81. The number of carbonyl (C=O) groups excluding carboxylic acids is 1. The number of hydrogen-bond donors (Lipinski definition) is 2. The number of nitrogens with zero attached hydrogens (tertiary/aromatic N) is 2. The van der Waals surface area contributed by atoms with E-state index in [9.17, 15) is 4.79 Å². The number of likely N-dealkylation sites (tertiary alicyclic amines) is 1. The lowest BCUT2D eigenvalue weighted by Crippen LogP contribution is -2.51. The van der Waals surface area contributed by atoms with Crippen LogP contribution in [-0.4, -0.2) is 43.4 Å². The molecule has 0 aliphatic carbocycles. The maximum atomic E-state index is 12.0. The second-order valence-electron chi connectivity index (χ2n) is 6.84. The molecule has 142 valence electrons. The normalized spacial score (nSPS) is 20.8. The van der Waals surface area contributed by atoms with Crippen molar-refractivity contribution in [3.63, 3.8) is 0 Å². The zero-order valence-corrected chi connectivity index (χ0v) is 17.8. The van der Waals surface area contributed by atoms with Gasteiger partial charge < -0.3 is 20.0 Å². The number of furan rings is 1. The Balaban J connectivity index is 0.00000312. The molecule has 2 rings (SSSR count). The van der Waals surface area contributed by atoms with Crippen LogP contribution in [0.25, 0.3) is 0 Å². The Morgan fingerprint density at radius 1 is 1.44 bits per heavy atom. The maximum absolute atomic E-state index is 12.0. The molecule has 2 N–H and O–H groups in total. The minimum Gasteiger partial charge on any atom is -0.467 e. The first-order chi connectivity index (χ1) is 11.6. The van der Waals surface area contributed by atoms with Crippen molar-refractivity contribution >= 4 is 35.8 Å². The van der Waals surface area contributed by atoms with Gasteiger partial charge in [0, 0.05) is 20.1 Å². The summed E-state index contributed by atoms with van der Waals surface area (Å²) in [5.41, 5.74) is 0.339. The number of guanidine groups is 1. The summed E-state index contributed by atoms with van der Waals surface area (Å²) in [4.78, 5) is 18.6. The van der Waals surface area contributed by atoms with Gasteiger partial charge >= 0.3 is 0 Å². The van der Waals surface area contributed by atoms with Crippen LogP contribution in [0, 0.1) is 5.41 Å². The third kappa shape index (κ3) is 6.87. The van der Waals surface area contributed by atoms with Crippen LogP contribution < -0.4 is 10.6 Å². The Bertz CT molecular complexity index is 543. The van der Waals surface area contributed by atoms with E-state index in [0.29, 0.717) is 12.0 Å². The minimum absolute atomic E-state index is 0. The van der Waals surface area contributed by atoms with Crippen LogP contribution in [0.3, 0.4) is 0 Å². The van der Waals surface area contributed by atoms with E-state index in [-0.39, 0.29) is 36.4 Å². The molecule has 6 nitrogen and oxygen atoms in total. The van der Waals surface area contributed by atoms with Gasteiger partial charge in [-0.25, -0.2) is 0 Å². The van der Waals surface area contributed by atoms with Crippen molar-refractivity contribution in [2.75, 3.05) is 26.7 Å². The van der Waals surface area contributed by atoms with Crippen molar-refractivity contribution in [1.82, 2.24) is 15.5 Å². The smallest absolute Gasteiger partial charge is 0.239 e. The molecule has 1 aliphatic rings. The van der Waals surface area contributed by atoms with E-state index < -0.39 is 0 Å². The molecule has 1 amide bonds. The Morgan fingerprint density at radius 2 is 2.24 bits per heavy atom.